The van der Waals surface area contributed by atoms with Gasteiger partial charge in [-0.3, -0.25) is 14.7 Å². The van der Waals surface area contributed by atoms with Gasteiger partial charge in [-0.15, -0.1) is 0 Å². The highest BCUT2D eigenvalue weighted by Gasteiger charge is 2.28. The van der Waals surface area contributed by atoms with Gasteiger partial charge in [0.1, 0.15) is 5.52 Å². The topological polar surface area (TPSA) is 69.6 Å². The van der Waals surface area contributed by atoms with Gasteiger partial charge in [0.15, 0.2) is 5.82 Å². The van der Waals surface area contributed by atoms with Crippen LogP contribution in [-0.4, -0.2) is 45.6 Å². The Morgan fingerprint density at radius 1 is 1.03 bits per heavy atom. The zero-order valence-electron chi connectivity index (χ0n) is 18.9. The van der Waals surface area contributed by atoms with E-state index in [1.807, 2.05) is 24.5 Å². The summed E-state index contributed by atoms with van der Waals surface area (Å²) in [6.45, 7) is 3.00. The van der Waals surface area contributed by atoms with Crippen LogP contribution in [0.1, 0.15) is 17.5 Å². The third kappa shape index (κ3) is 3.70. The van der Waals surface area contributed by atoms with Gasteiger partial charge in [0, 0.05) is 43.1 Å². The third-order valence-electron chi connectivity index (χ3n) is 7.03. The standard InChI is InChI=1S/C28H26N4O2/c33-28(34)22-10-13-31(18-22)17-19-15-21-9-12-29-27(26(21)30-16-19)32-14-11-24-23(7-4-8-25(24)32)20-5-2-1-3-6-20/h1-9,12,15-16,22H,10-11,13-14,17-18H2,(H,33,34)/t22-/m1/s1. The number of rotatable bonds is 5. The second-order valence-corrected chi connectivity index (χ2v) is 9.18. The van der Waals surface area contributed by atoms with Crippen molar-refractivity contribution in [3.8, 4) is 11.1 Å². The summed E-state index contributed by atoms with van der Waals surface area (Å²) in [6.07, 6.45) is 5.46. The first-order valence-corrected chi connectivity index (χ1v) is 11.8. The summed E-state index contributed by atoms with van der Waals surface area (Å²) < 4.78 is 0. The molecule has 0 radical (unpaired) electrons. The van der Waals surface area contributed by atoms with Gasteiger partial charge >= 0.3 is 5.97 Å². The number of pyridine rings is 2. The van der Waals surface area contributed by atoms with Gasteiger partial charge in [-0.2, -0.15) is 0 Å². The highest BCUT2D eigenvalue weighted by atomic mass is 16.4. The fourth-order valence-electron chi connectivity index (χ4n) is 5.35. The Kier molecular flexibility index (Phi) is 5.23. The van der Waals surface area contributed by atoms with Crippen LogP contribution in [0.2, 0.25) is 0 Å². The summed E-state index contributed by atoms with van der Waals surface area (Å²) in [5, 5.41) is 10.3. The average Bonchev–Trinajstić information content (AvgIpc) is 3.51. The fraction of sp³-hybridized carbons (Fsp3) is 0.250. The lowest BCUT2D eigenvalue weighted by Crippen LogP contribution is -2.22. The molecule has 1 N–H and O–H groups in total. The molecule has 170 valence electrons. The van der Waals surface area contributed by atoms with Crippen molar-refractivity contribution in [1.82, 2.24) is 14.9 Å². The van der Waals surface area contributed by atoms with Crippen molar-refractivity contribution in [3.63, 3.8) is 0 Å². The highest BCUT2D eigenvalue weighted by Crippen LogP contribution is 2.40. The van der Waals surface area contributed by atoms with E-state index in [4.69, 9.17) is 9.97 Å². The summed E-state index contributed by atoms with van der Waals surface area (Å²) in [6, 6.07) is 21.2. The first-order valence-electron chi connectivity index (χ1n) is 11.8. The summed E-state index contributed by atoms with van der Waals surface area (Å²) >= 11 is 0. The summed E-state index contributed by atoms with van der Waals surface area (Å²) in [5.74, 6) is -0.0727. The Hall–Kier alpha value is -3.77. The minimum atomic E-state index is -0.698. The average molecular weight is 451 g/mol. The van der Waals surface area contributed by atoms with Crippen LogP contribution in [0.5, 0.6) is 0 Å². The molecule has 2 aromatic heterocycles. The Labute approximate surface area is 198 Å². The molecule has 1 fully saturated rings. The van der Waals surface area contributed by atoms with Crippen LogP contribution in [0.25, 0.3) is 22.0 Å². The van der Waals surface area contributed by atoms with Crippen LogP contribution >= 0.6 is 0 Å². The van der Waals surface area contributed by atoms with Gasteiger partial charge < -0.3 is 10.0 Å². The number of benzene rings is 2. The molecule has 0 unspecified atom stereocenters. The molecule has 0 saturated carbocycles. The Morgan fingerprint density at radius 2 is 1.91 bits per heavy atom. The highest BCUT2D eigenvalue weighted by molar-refractivity contribution is 5.92. The van der Waals surface area contributed by atoms with E-state index in [0.717, 1.165) is 48.3 Å². The maximum atomic E-state index is 11.3. The first kappa shape index (κ1) is 20.8. The molecule has 2 aliphatic heterocycles. The largest absolute Gasteiger partial charge is 0.481 e. The van der Waals surface area contributed by atoms with E-state index in [9.17, 15) is 9.90 Å². The summed E-state index contributed by atoms with van der Waals surface area (Å²) in [7, 11) is 0. The molecule has 6 rings (SSSR count). The van der Waals surface area contributed by atoms with Crippen LogP contribution in [-0.2, 0) is 17.8 Å². The van der Waals surface area contributed by atoms with Crippen molar-refractivity contribution in [3.05, 3.63) is 84.2 Å². The molecule has 6 nitrogen and oxygen atoms in total. The molecular formula is C28H26N4O2. The number of nitrogens with zero attached hydrogens (tertiary/aromatic N) is 4. The quantitative estimate of drug-likeness (QED) is 0.467. The summed E-state index contributed by atoms with van der Waals surface area (Å²) in [5.41, 5.74) is 7.07. The van der Waals surface area contributed by atoms with Crippen molar-refractivity contribution in [2.45, 2.75) is 19.4 Å². The van der Waals surface area contributed by atoms with Gasteiger partial charge in [0.05, 0.1) is 5.92 Å². The minimum absolute atomic E-state index is 0.264. The number of aliphatic carboxylic acids is 1. The van der Waals surface area contributed by atoms with Crippen LogP contribution in [0.3, 0.4) is 0 Å². The number of carboxylic acid groups (broad SMARTS) is 1. The van der Waals surface area contributed by atoms with Crippen molar-refractivity contribution < 1.29 is 9.90 Å². The van der Waals surface area contributed by atoms with Crippen LogP contribution in [0, 0.1) is 5.92 Å². The molecule has 34 heavy (non-hydrogen) atoms. The van der Waals surface area contributed by atoms with E-state index in [2.05, 4.69) is 58.3 Å². The Morgan fingerprint density at radius 3 is 2.74 bits per heavy atom. The van der Waals surface area contributed by atoms with Crippen molar-refractivity contribution in [1.29, 1.82) is 0 Å². The van der Waals surface area contributed by atoms with Gasteiger partial charge in [-0.1, -0.05) is 42.5 Å². The van der Waals surface area contributed by atoms with Crippen LogP contribution in [0.4, 0.5) is 11.5 Å². The monoisotopic (exact) mass is 450 g/mol. The fourth-order valence-corrected chi connectivity index (χ4v) is 5.35. The predicted molar refractivity (Wildman–Crippen MR) is 133 cm³/mol. The van der Waals surface area contributed by atoms with Gasteiger partial charge in [-0.05, 0) is 59.8 Å². The second kappa shape index (κ2) is 8.54. The van der Waals surface area contributed by atoms with Crippen molar-refractivity contribution in [2.75, 3.05) is 24.5 Å². The Balaban J connectivity index is 1.31. The van der Waals surface area contributed by atoms with E-state index in [1.54, 1.807) is 0 Å². The lowest BCUT2D eigenvalue weighted by molar-refractivity contribution is -0.141. The molecule has 2 aromatic carbocycles. The number of hydrogen-bond donors (Lipinski definition) is 1. The minimum Gasteiger partial charge on any atom is -0.481 e. The first-order chi connectivity index (χ1) is 16.7. The van der Waals surface area contributed by atoms with Crippen molar-refractivity contribution >= 4 is 28.4 Å². The smallest absolute Gasteiger partial charge is 0.307 e. The zero-order valence-corrected chi connectivity index (χ0v) is 18.9. The van der Waals surface area contributed by atoms with Gasteiger partial charge in [-0.25, -0.2) is 4.98 Å². The molecule has 0 aliphatic carbocycles. The van der Waals surface area contributed by atoms with Gasteiger partial charge in [0.2, 0.25) is 0 Å². The van der Waals surface area contributed by atoms with E-state index in [-0.39, 0.29) is 5.92 Å². The maximum absolute atomic E-state index is 11.3. The number of fused-ring (bicyclic) bond motifs is 2. The lowest BCUT2D eigenvalue weighted by Gasteiger charge is -2.21. The molecule has 4 aromatic rings. The zero-order chi connectivity index (χ0) is 23.1. The van der Waals surface area contributed by atoms with Gasteiger partial charge in [0.25, 0.3) is 0 Å². The van der Waals surface area contributed by atoms with Crippen LogP contribution in [0.15, 0.2) is 73.1 Å². The lowest BCUT2D eigenvalue weighted by atomic mass is 9.98. The predicted octanol–water partition coefficient (Wildman–Crippen LogP) is 4.90. The van der Waals surface area contributed by atoms with Crippen molar-refractivity contribution in [2.24, 2.45) is 5.92 Å². The molecule has 1 atom stereocenters. The van der Waals surface area contributed by atoms with E-state index >= 15 is 0 Å². The number of hydrogen-bond acceptors (Lipinski definition) is 5. The normalized spacial score (nSPS) is 17.9. The number of aromatic nitrogens is 2. The number of carbonyl (C=O) groups is 1. The second-order valence-electron chi connectivity index (χ2n) is 9.18. The number of anilines is 2. The molecule has 0 amide bonds. The van der Waals surface area contributed by atoms with E-state index in [1.165, 1.54) is 22.4 Å². The Bertz CT molecular complexity index is 1370. The molecule has 0 bridgehead atoms. The van der Waals surface area contributed by atoms with E-state index < -0.39 is 5.97 Å². The van der Waals surface area contributed by atoms with Crippen LogP contribution < -0.4 is 4.90 Å². The SMILES string of the molecule is O=C(O)[C@@H]1CCN(Cc2cnc3c(N4CCc5c(-c6ccccc6)cccc54)nccc3c2)C1. The molecule has 2 aliphatic rings. The third-order valence-corrected chi connectivity index (χ3v) is 7.03. The summed E-state index contributed by atoms with van der Waals surface area (Å²) in [4.78, 5) is 25.3. The molecule has 1 saturated heterocycles. The molecular weight excluding hydrogens is 424 g/mol. The van der Waals surface area contributed by atoms with E-state index in [0.29, 0.717) is 13.0 Å². The number of carboxylic acids is 1. The molecule has 6 heteroatoms. The molecule has 4 heterocycles. The molecule has 0 spiro atoms. The maximum Gasteiger partial charge on any atom is 0.307 e. The number of likely N-dealkylation sites (tertiary alicyclic amines) is 1.